The number of thiazole rings is 1. The van der Waals surface area contributed by atoms with Crippen LogP contribution < -0.4 is 5.32 Å². The third kappa shape index (κ3) is 3.30. The highest BCUT2D eigenvalue weighted by atomic mass is 32.1. The molecule has 0 fully saturated rings. The number of anilines is 1. The van der Waals surface area contributed by atoms with Crippen LogP contribution in [0.1, 0.15) is 30.7 Å². The van der Waals surface area contributed by atoms with Crippen LogP contribution in [0.4, 0.5) is 5.69 Å². The van der Waals surface area contributed by atoms with E-state index in [0.29, 0.717) is 5.95 Å². The van der Waals surface area contributed by atoms with E-state index in [1.807, 2.05) is 12.4 Å². The molecular weight excluding hydrogens is 296 g/mol. The summed E-state index contributed by atoms with van der Waals surface area (Å²) >= 11 is 1.74. The summed E-state index contributed by atoms with van der Waals surface area (Å²) in [5.74, 6) is 0.559. The molecule has 0 saturated heterocycles. The highest BCUT2D eigenvalue weighted by molar-refractivity contribution is 7.11. The lowest BCUT2D eigenvalue weighted by atomic mass is 9.98. The molecule has 0 aliphatic heterocycles. The monoisotopic (exact) mass is 314 g/mol. The fourth-order valence-electron chi connectivity index (χ4n) is 1.86. The Morgan fingerprint density at radius 1 is 1.14 bits per heavy atom. The van der Waals surface area contributed by atoms with Crippen molar-refractivity contribution in [3.8, 4) is 5.95 Å². The summed E-state index contributed by atoms with van der Waals surface area (Å²) in [6, 6.07) is 1.78. The molecule has 7 heteroatoms. The Kier molecular flexibility index (Phi) is 3.89. The van der Waals surface area contributed by atoms with Crippen molar-refractivity contribution < 1.29 is 0 Å². The Balaban J connectivity index is 1.65. The molecular formula is C15H18N6S. The van der Waals surface area contributed by atoms with Crippen molar-refractivity contribution in [1.82, 2.24) is 24.7 Å². The van der Waals surface area contributed by atoms with Crippen LogP contribution in [0, 0.1) is 0 Å². The first-order chi connectivity index (χ1) is 10.5. The Bertz CT molecular complexity index is 741. The minimum atomic E-state index is 0.0957. The van der Waals surface area contributed by atoms with E-state index in [2.05, 4.69) is 46.1 Å². The molecule has 0 bridgehead atoms. The van der Waals surface area contributed by atoms with Crippen molar-refractivity contribution >= 4 is 17.0 Å². The van der Waals surface area contributed by atoms with E-state index >= 15 is 0 Å². The smallest absolute Gasteiger partial charge is 0.250 e. The Hall–Kier alpha value is -2.28. The third-order valence-electron chi connectivity index (χ3n) is 3.00. The molecule has 0 unspecified atom stereocenters. The number of rotatable bonds is 4. The Labute approximate surface area is 133 Å². The predicted octanol–water partition coefficient (Wildman–Crippen LogP) is 3.03. The maximum absolute atomic E-state index is 4.49. The van der Waals surface area contributed by atoms with Gasteiger partial charge in [-0.3, -0.25) is 0 Å². The molecule has 0 radical (unpaired) electrons. The van der Waals surface area contributed by atoms with Crippen LogP contribution in [0.3, 0.4) is 0 Å². The molecule has 3 aromatic heterocycles. The SMILES string of the molecule is CC(C)(C)c1ncc(CNc2cnn(-c3ncccn3)c2)s1. The highest BCUT2D eigenvalue weighted by Crippen LogP contribution is 2.27. The van der Waals surface area contributed by atoms with Crippen molar-refractivity contribution in [3.63, 3.8) is 0 Å². The lowest BCUT2D eigenvalue weighted by molar-refractivity contribution is 0.585. The summed E-state index contributed by atoms with van der Waals surface area (Å²) in [5.41, 5.74) is 1.02. The first-order valence-corrected chi connectivity index (χ1v) is 7.85. The minimum absolute atomic E-state index is 0.0957. The van der Waals surface area contributed by atoms with Gasteiger partial charge in [-0.25, -0.2) is 19.6 Å². The van der Waals surface area contributed by atoms with E-state index in [-0.39, 0.29) is 5.41 Å². The largest absolute Gasteiger partial charge is 0.378 e. The molecule has 114 valence electrons. The maximum Gasteiger partial charge on any atom is 0.250 e. The molecule has 0 aliphatic rings. The van der Waals surface area contributed by atoms with Crippen LogP contribution in [-0.2, 0) is 12.0 Å². The van der Waals surface area contributed by atoms with Gasteiger partial charge >= 0.3 is 0 Å². The summed E-state index contributed by atoms with van der Waals surface area (Å²) in [6.07, 6.45) is 8.97. The average Bonchev–Trinajstić information content (AvgIpc) is 3.15. The van der Waals surface area contributed by atoms with Crippen LogP contribution in [0.25, 0.3) is 5.95 Å². The van der Waals surface area contributed by atoms with E-state index in [0.717, 1.165) is 17.2 Å². The van der Waals surface area contributed by atoms with Gasteiger partial charge in [0.1, 0.15) is 0 Å². The predicted molar refractivity (Wildman–Crippen MR) is 87.3 cm³/mol. The molecule has 0 amide bonds. The molecule has 0 spiro atoms. The van der Waals surface area contributed by atoms with Gasteiger partial charge in [0.25, 0.3) is 0 Å². The fourth-order valence-corrected chi connectivity index (χ4v) is 2.77. The van der Waals surface area contributed by atoms with Crippen LogP contribution in [0.5, 0.6) is 0 Å². The van der Waals surface area contributed by atoms with Gasteiger partial charge in [0, 0.05) is 28.9 Å². The Morgan fingerprint density at radius 3 is 2.59 bits per heavy atom. The molecule has 1 N–H and O–H groups in total. The van der Waals surface area contributed by atoms with Crippen LogP contribution in [0.15, 0.2) is 37.1 Å². The topological polar surface area (TPSA) is 68.5 Å². The molecule has 0 saturated carbocycles. The second-order valence-corrected chi connectivity index (χ2v) is 7.07. The molecule has 22 heavy (non-hydrogen) atoms. The number of hydrogen-bond donors (Lipinski definition) is 1. The molecule has 6 nitrogen and oxygen atoms in total. The number of aromatic nitrogens is 5. The zero-order chi connectivity index (χ0) is 15.6. The maximum atomic E-state index is 4.49. The molecule has 3 heterocycles. The summed E-state index contributed by atoms with van der Waals surface area (Å²) in [4.78, 5) is 14.0. The molecule has 0 atom stereocenters. The average molecular weight is 314 g/mol. The number of nitrogens with zero attached hydrogens (tertiary/aromatic N) is 5. The standard InChI is InChI=1S/C15H18N6S/c1-15(2,3)13-19-9-12(22-13)8-18-11-7-20-21(10-11)14-16-5-4-6-17-14/h4-7,9-10,18H,8H2,1-3H3. The van der Waals surface area contributed by atoms with Crippen molar-refractivity contribution in [2.45, 2.75) is 32.7 Å². The summed E-state index contributed by atoms with van der Waals surface area (Å²) in [7, 11) is 0. The van der Waals surface area contributed by atoms with Gasteiger partial charge < -0.3 is 5.32 Å². The van der Waals surface area contributed by atoms with Crippen LogP contribution >= 0.6 is 11.3 Å². The quantitative estimate of drug-likeness (QED) is 0.801. The van der Waals surface area contributed by atoms with Crippen molar-refractivity contribution in [1.29, 1.82) is 0 Å². The van der Waals surface area contributed by atoms with Gasteiger partial charge in [-0.2, -0.15) is 5.10 Å². The minimum Gasteiger partial charge on any atom is -0.378 e. The van der Waals surface area contributed by atoms with Gasteiger partial charge in [-0.15, -0.1) is 11.3 Å². The summed E-state index contributed by atoms with van der Waals surface area (Å²) < 4.78 is 1.65. The first kappa shape index (κ1) is 14.6. The van der Waals surface area contributed by atoms with Crippen molar-refractivity contribution in [3.05, 3.63) is 46.9 Å². The first-order valence-electron chi connectivity index (χ1n) is 7.03. The normalized spacial score (nSPS) is 11.6. The molecule has 3 rings (SSSR count). The van der Waals surface area contributed by atoms with Gasteiger partial charge in [-0.05, 0) is 6.07 Å². The van der Waals surface area contributed by atoms with E-state index in [4.69, 9.17) is 0 Å². The van der Waals surface area contributed by atoms with Gasteiger partial charge in [0.05, 0.1) is 29.6 Å². The summed E-state index contributed by atoms with van der Waals surface area (Å²) in [5, 5.41) is 8.76. The lowest BCUT2D eigenvalue weighted by Gasteiger charge is -2.13. The lowest BCUT2D eigenvalue weighted by Crippen LogP contribution is -2.09. The number of hydrogen-bond acceptors (Lipinski definition) is 6. The highest BCUT2D eigenvalue weighted by Gasteiger charge is 2.17. The zero-order valence-electron chi connectivity index (χ0n) is 12.8. The molecule has 3 aromatic rings. The van der Waals surface area contributed by atoms with Crippen LogP contribution in [-0.4, -0.2) is 24.7 Å². The second kappa shape index (κ2) is 5.84. The van der Waals surface area contributed by atoms with Crippen molar-refractivity contribution in [2.75, 3.05) is 5.32 Å². The van der Waals surface area contributed by atoms with Crippen molar-refractivity contribution in [2.24, 2.45) is 0 Å². The second-order valence-electron chi connectivity index (χ2n) is 5.96. The molecule has 0 aromatic carbocycles. The number of nitrogens with one attached hydrogen (secondary N) is 1. The van der Waals surface area contributed by atoms with Crippen LogP contribution in [0.2, 0.25) is 0 Å². The molecule has 0 aliphatic carbocycles. The van der Waals surface area contributed by atoms with E-state index in [9.17, 15) is 0 Å². The van der Waals surface area contributed by atoms with Gasteiger partial charge in [-0.1, -0.05) is 20.8 Å². The third-order valence-corrected chi connectivity index (χ3v) is 4.42. The van der Waals surface area contributed by atoms with E-state index in [1.165, 1.54) is 4.88 Å². The Morgan fingerprint density at radius 2 is 1.91 bits per heavy atom. The summed E-state index contributed by atoms with van der Waals surface area (Å²) in [6.45, 7) is 7.25. The van der Waals surface area contributed by atoms with E-state index in [1.54, 1.807) is 40.7 Å². The van der Waals surface area contributed by atoms with E-state index < -0.39 is 0 Å². The van der Waals surface area contributed by atoms with Gasteiger partial charge in [0.15, 0.2) is 0 Å². The zero-order valence-corrected chi connectivity index (χ0v) is 13.6. The fraction of sp³-hybridized carbons (Fsp3) is 0.333. The van der Waals surface area contributed by atoms with Gasteiger partial charge in [0.2, 0.25) is 5.95 Å².